The van der Waals surface area contributed by atoms with Crippen molar-refractivity contribution in [1.29, 1.82) is 0 Å². The molecule has 0 radical (unpaired) electrons. The molecular formula is C15H19FN4O. The summed E-state index contributed by atoms with van der Waals surface area (Å²) < 4.78 is 15.6. The highest BCUT2D eigenvalue weighted by molar-refractivity contribution is 6.04. The van der Waals surface area contributed by atoms with Crippen LogP contribution in [0.4, 0.5) is 15.9 Å². The highest BCUT2D eigenvalue weighted by Gasteiger charge is 2.13. The van der Waals surface area contributed by atoms with Crippen LogP contribution in [0.3, 0.4) is 0 Å². The van der Waals surface area contributed by atoms with Gasteiger partial charge in [-0.25, -0.2) is 9.07 Å². The van der Waals surface area contributed by atoms with E-state index in [9.17, 15) is 9.18 Å². The van der Waals surface area contributed by atoms with E-state index in [0.717, 1.165) is 0 Å². The average Bonchev–Trinajstić information content (AvgIpc) is 2.86. The molecule has 1 N–H and O–H groups in total. The lowest BCUT2D eigenvalue weighted by atomic mass is 10.1. The molecule has 0 saturated heterocycles. The van der Waals surface area contributed by atoms with Crippen molar-refractivity contribution in [2.24, 2.45) is 0 Å². The number of amides is 1. The molecule has 5 nitrogen and oxygen atoms in total. The molecule has 0 bridgehead atoms. The molecule has 0 spiro atoms. The first-order valence-electron chi connectivity index (χ1n) is 6.72. The minimum Gasteiger partial charge on any atom is -0.375 e. The highest BCUT2D eigenvalue weighted by atomic mass is 19.1. The van der Waals surface area contributed by atoms with Crippen molar-refractivity contribution in [3.05, 3.63) is 41.8 Å². The predicted octanol–water partition coefficient (Wildman–Crippen LogP) is 2.92. The van der Waals surface area contributed by atoms with E-state index >= 15 is 0 Å². The van der Waals surface area contributed by atoms with Crippen molar-refractivity contribution in [2.75, 3.05) is 24.3 Å². The van der Waals surface area contributed by atoms with Crippen LogP contribution in [0.1, 0.15) is 30.2 Å². The Labute approximate surface area is 123 Å². The van der Waals surface area contributed by atoms with E-state index in [-0.39, 0.29) is 17.5 Å². The molecule has 2 rings (SSSR count). The fourth-order valence-electron chi connectivity index (χ4n) is 2.02. The molecule has 0 saturated carbocycles. The molecule has 0 aliphatic carbocycles. The summed E-state index contributed by atoms with van der Waals surface area (Å²) in [7, 11) is 3.50. The second-order valence-corrected chi connectivity index (χ2v) is 5.27. The number of benzene rings is 1. The van der Waals surface area contributed by atoms with Gasteiger partial charge in [-0.05, 0) is 32.0 Å². The Morgan fingerprint density at radius 3 is 2.62 bits per heavy atom. The minimum atomic E-state index is -0.426. The van der Waals surface area contributed by atoms with Gasteiger partial charge in [0, 0.05) is 31.8 Å². The van der Waals surface area contributed by atoms with Crippen LogP contribution in [0, 0.1) is 5.82 Å². The first-order valence-corrected chi connectivity index (χ1v) is 6.72. The summed E-state index contributed by atoms with van der Waals surface area (Å²) in [6.07, 6.45) is 1.62. The van der Waals surface area contributed by atoms with Gasteiger partial charge in [0.05, 0.1) is 11.9 Å². The van der Waals surface area contributed by atoms with Gasteiger partial charge >= 0.3 is 0 Å². The third-order valence-corrected chi connectivity index (χ3v) is 3.09. The fourth-order valence-corrected chi connectivity index (χ4v) is 2.02. The maximum Gasteiger partial charge on any atom is 0.256 e. The van der Waals surface area contributed by atoms with Gasteiger partial charge in [0.15, 0.2) is 0 Å². The number of hydrogen-bond acceptors (Lipinski definition) is 3. The lowest BCUT2D eigenvalue weighted by Gasteiger charge is -2.15. The molecule has 112 valence electrons. The minimum absolute atomic E-state index is 0.128. The van der Waals surface area contributed by atoms with E-state index in [1.54, 1.807) is 48.1 Å². The van der Waals surface area contributed by atoms with Gasteiger partial charge in [0.25, 0.3) is 5.91 Å². The normalized spacial score (nSPS) is 10.8. The topological polar surface area (TPSA) is 50.2 Å². The number of carbonyl (C=O) groups excluding carboxylic acids is 1. The Morgan fingerprint density at radius 1 is 1.33 bits per heavy atom. The Hall–Kier alpha value is -2.37. The van der Waals surface area contributed by atoms with Gasteiger partial charge in [-0.1, -0.05) is 0 Å². The maximum atomic E-state index is 13.9. The first kappa shape index (κ1) is 15.0. The summed E-state index contributed by atoms with van der Waals surface area (Å²) in [4.78, 5) is 13.8. The van der Waals surface area contributed by atoms with Crippen LogP contribution in [-0.4, -0.2) is 29.8 Å². The van der Waals surface area contributed by atoms with Crippen molar-refractivity contribution < 1.29 is 9.18 Å². The molecule has 6 heteroatoms. The zero-order valence-corrected chi connectivity index (χ0v) is 12.6. The average molecular weight is 290 g/mol. The smallest absolute Gasteiger partial charge is 0.256 e. The molecule has 1 aromatic heterocycles. The van der Waals surface area contributed by atoms with Gasteiger partial charge in [-0.15, -0.1) is 0 Å². The molecule has 0 atom stereocenters. The molecule has 21 heavy (non-hydrogen) atoms. The summed E-state index contributed by atoms with van der Waals surface area (Å²) in [6, 6.07) is 6.26. The van der Waals surface area contributed by atoms with Crippen molar-refractivity contribution >= 4 is 17.4 Å². The number of rotatable bonds is 4. The predicted molar refractivity (Wildman–Crippen MR) is 81.3 cm³/mol. The van der Waals surface area contributed by atoms with Crippen LogP contribution in [0.15, 0.2) is 30.5 Å². The fraction of sp³-hybridized carbons (Fsp3) is 0.333. The number of carbonyl (C=O) groups is 1. The number of anilines is 2. The Balaban J connectivity index is 2.21. The van der Waals surface area contributed by atoms with E-state index in [1.807, 2.05) is 13.8 Å². The number of aromatic nitrogens is 2. The van der Waals surface area contributed by atoms with E-state index in [4.69, 9.17) is 0 Å². The van der Waals surface area contributed by atoms with Crippen molar-refractivity contribution in [3.8, 4) is 0 Å². The van der Waals surface area contributed by atoms with E-state index in [2.05, 4.69) is 10.4 Å². The third-order valence-electron chi connectivity index (χ3n) is 3.09. The van der Waals surface area contributed by atoms with Gasteiger partial charge in [-0.3, -0.25) is 4.79 Å². The molecule has 1 amide bonds. The van der Waals surface area contributed by atoms with Gasteiger partial charge < -0.3 is 10.2 Å². The number of halogens is 1. The SMILES string of the molecule is CC(C)n1nccc1NC(=O)c1ccc(N(C)C)c(F)c1. The number of nitrogens with one attached hydrogen (secondary N) is 1. The first-order chi connectivity index (χ1) is 9.90. The molecule has 0 aliphatic heterocycles. The zero-order valence-electron chi connectivity index (χ0n) is 12.6. The molecule has 1 heterocycles. The van der Waals surface area contributed by atoms with Crippen molar-refractivity contribution in [2.45, 2.75) is 19.9 Å². The second-order valence-electron chi connectivity index (χ2n) is 5.27. The van der Waals surface area contributed by atoms with Crippen molar-refractivity contribution in [1.82, 2.24) is 9.78 Å². The molecule has 2 aromatic rings. The maximum absolute atomic E-state index is 13.9. The monoisotopic (exact) mass is 290 g/mol. The van der Waals surface area contributed by atoms with Crippen LogP contribution in [0.25, 0.3) is 0 Å². The van der Waals surface area contributed by atoms with E-state index < -0.39 is 5.82 Å². The quantitative estimate of drug-likeness (QED) is 0.942. The molecule has 0 aliphatic rings. The second kappa shape index (κ2) is 5.95. The molecule has 1 aromatic carbocycles. The molecule has 0 fully saturated rings. The van der Waals surface area contributed by atoms with Gasteiger partial charge in [0.1, 0.15) is 11.6 Å². The third kappa shape index (κ3) is 3.21. The Morgan fingerprint density at radius 2 is 2.05 bits per heavy atom. The van der Waals surface area contributed by atoms with Crippen LogP contribution in [0.5, 0.6) is 0 Å². The summed E-state index contributed by atoms with van der Waals surface area (Å²) in [5.41, 5.74) is 0.716. The summed E-state index contributed by atoms with van der Waals surface area (Å²) >= 11 is 0. The highest BCUT2D eigenvalue weighted by Crippen LogP contribution is 2.20. The lowest BCUT2D eigenvalue weighted by molar-refractivity contribution is 0.102. The van der Waals surface area contributed by atoms with Crippen molar-refractivity contribution in [3.63, 3.8) is 0 Å². The largest absolute Gasteiger partial charge is 0.375 e. The van der Waals surface area contributed by atoms with Crippen LogP contribution < -0.4 is 10.2 Å². The standard InChI is InChI=1S/C15H19FN4O/c1-10(2)20-14(7-8-17-20)18-15(21)11-5-6-13(19(3)4)12(16)9-11/h5-10H,1-4H3,(H,18,21). The Kier molecular flexibility index (Phi) is 4.26. The summed E-state index contributed by atoms with van der Waals surface area (Å²) in [6.45, 7) is 3.93. The van der Waals surface area contributed by atoms with Gasteiger partial charge in [0.2, 0.25) is 0 Å². The number of nitrogens with zero attached hydrogens (tertiary/aromatic N) is 3. The van der Waals surface area contributed by atoms with Gasteiger partial charge in [-0.2, -0.15) is 5.10 Å². The van der Waals surface area contributed by atoms with E-state index in [1.165, 1.54) is 6.07 Å². The van der Waals surface area contributed by atoms with E-state index in [0.29, 0.717) is 11.5 Å². The molecular weight excluding hydrogens is 271 g/mol. The number of hydrogen-bond donors (Lipinski definition) is 1. The Bertz CT molecular complexity index is 649. The lowest BCUT2D eigenvalue weighted by Crippen LogP contribution is -2.17. The summed E-state index contributed by atoms with van der Waals surface area (Å²) in [5.74, 6) is -0.196. The van der Waals surface area contributed by atoms with Crippen LogP contribution in [0.2, 0.25) is 0 Å². The molecule has 0 unspecified atom stereocenters. The summed E-state index contributed by atoms with van der Waals surface area (Å²) in [5, 5.41) is 6.88. The van der Waals surface area contributed by atoms with Crippen LogP contribution >= 0.6 is 0 Å². The van der Waals surface area contributed by atoms with Crippen LogP contribution in [-0.2, 0) is 0 Å². The zero-order chi connectivity index (χ0) is 15.6.